The molecule has 1 heterocycles. The Labute approximate surface area is 266 Å². The molecule has 7 nitrogen and oxygen atoms in total. The third-order valence-electron chi connectivity index (χ3n) is 6.02. The van der Waals surface area contributed by atoms with Crippen LogP contribution in [0.2, 0.25) is 5.02 Å². The van der Waals surface area contributed by atoms with E-state index >= 15 is 0 Å². The summed E-state index contributed by atoms with van der Waals surface area (Å²) in [6.45, 7) is 1.98. The van der Waals surface area contributed by atoms with Crippen molar-refractivity contribution in [1.82, 2.24) is 5.43 Å². The van der Waals surface area contributed by atoms with Crippen LogP contribution in [0.4, 0.5) is 5.69 Å². The summed E-state index contributed by atoms with van der Waals surface area (Å²) >= 11 is 14.5. The lowest BCUT2D eigenvalue weighted by Crippen LogP contribution is -2.18. The van der Waals surface area contributed by atoms with E-state index in [1.807, 2.05) is 25.1 Å². The molecule has 1 aromatic heterocycles. The quantitative estimate of drug-likeness (QED) is 0.0760. The van der Waals surface area contributed by atoms with Gasteiger partial charge in [0.2, 0.25) is 0 Å². The molecule has 0 aliphatic heterocycles. The zero-order chi connectivity index (χ0) is 29.8. The molecule has 0 aliphatic rings. The number of anilines is 1. The van der Waals surface area contributed by atoms with Gasteiger partial charge in [-0.3, -0.25) is 9.59 Å². The smallest absolute Gasteiger partial charge is 0.343 e. The average Bonchev–Trinajstić information content (AvgIpc) is 3.30. The Morgan fingerprint density at radius 1 is 0.857 bits per heavy atom. The van der Waals surface area contributed by atoms with Crippen molar-refractivity contribution >= 4 is 94.6 Å². The Hall–Kier alpha value is -3.83. The molecule has 0 bridgehead atoms. The molecule has 11 heteroatoms. The molecule has 0 unspecified atom stereocenters. The second-order valence-electron chi connectivity index (χ2n) is 9.05. The van der Waals surface area contributed by atoms with Crippen LogP contribution in [0.1, 0.15) is 41.5 Å². The van der Waals surface area contributed by atoms with E-state index in [-0.39, 0.29) is 11.7 Å². The van der Waals surface area contributed by atoms with Gasteiger partial charge in [-0.2, -0.15) is 5.10 Å². The molecule has 5 rings (SSSR count). The lowest BCUT2D eigenvalue weighted by molar-refractivity contribution is 0.0733. The summed E-state index contributed by atoms with van der Waals surface area (Å²) in [6.07, 6.45) is 1.39. The van der Waals surface area contributed by atoms with Gasteiger partial charge in [-0.05, 0) is 85.3 Å². The second kappa shape index (κ2) is 13.0. The van der Waals surface area contributed by atoms with Crippen LogP contribution in [0, 0.1) is 6.92 Å². The number of amides is 2. The molecule has 0 spiro atoms. The number of benzene rings is 4. The van der Waals surface area contributed by atoms with E-state index < -0.39 is 11.9 Å². The van der Waals surface area contributed by atoms with E-state index in [1.54, 1.807) is 66.7 Å². The molecule has 4 aromatic carbocycles. The highest BCUT2D eigenvalue weighted by Crippen LogP contribution is 2.36. The number of rotatable bonds is 7. The molecule has 0 radical (unpaired) electrons. The van der Waals surface area contributed by atoms with Crippen LogP contribution in [0.5, 0.6) is 5.75 Å². The van der Waals surface area contributed by atoms with Crippen molar-refractivity contribution in [1.29, 1.82) is 0 Å². The van der Waals surface area contributed by atoms with Crippen LogP contribution < -0.4 is 15.5 Å². The van der Waals surface area contributed by atoms with Crippen LogP contribution in [-0.4, -0.2) is 24.0 Å². The van der Waals surface area contributed by atoms with Crippen molar-refractivity contribution in [2.75, 3.05) is 5.32 Å². The maximum absolute atomic E-state index is 12.9. The maximum Gasteiger partial charge on any atom is 0.343 e. The molecule has 2 N–H and O–H groups in total. The van der Waals surface area contributed by atoms with Crippen LogP contribution >= 0.6 is 54.8 Å². The van der Waals surface area contributed by atoms with Gasteiger partial charge in [0.05, 0.1) is 16.8 Å². The number of hydrogen-bond donors (Lipinski definition) is 2. The number of carbonyl (C=O) groups excluding carboxylic acids is 3. The molecule has 5 aromatic rings. The first-order chi connectivity index (χ1) is 20.2. The second-order valence-corrected chi connectivity index (χ2v) is 12.3. The third kappa shape index (κ3) is 6.96. The lowest BCUT2D eigenvalue weighted by Gasteiger charge is -2.08. The number of aryl methyl sites for hydroxylation is 1. The summed E-state index contributed by atoms with van der Waals surface area (Å²) in [6, 6.07) is 24.1. The summed E-state index contributed by atoms with van der Waals surface area (Å²) < 4.78 is 8.08. The number of ether oxygens (including phenoxy) is 1. The zero-order valence-electron chi connectivity index (χ0n) is 21.8. The minimum atomic E-state index is -0.527. The van der Waals surface area contributed by atoms with Gasteiger partial charge in [-0.1, -0.05) is 55.6 Å². The highest BCUT2D eigenvalue weighted by Gasteiger charge is 2.18. The SMILES string of the molecule is Cc1ccc2c(Cl)c(C(=O)Nc3ccc(C(=O)N/N=C\c4cc(Br)ccc4OC(=O)c4ccc(Br)cc4)cc3)sc2c1. The molecule has 0 fully saturated rings. The van der Waals surface area contributed by atoms with Gasteiger partial charge in [0.15, 0.2) is 0 Å². The molecule has 42 heavy (non-hydrogen) atoms. The first kappa shape index (κ1) is 29.7. The first-order valence-corrected chi connectivity index (χ1v) is 15.2. The van der Waals surface area contributed by atoms with E-state index in [9.17, 15) is 14.4 Å². The van der Waals surface area contributed by atoms with Gasteiger partial charge < -0.3 is 10.1 Å². The van der Waals surface area contributed by atoms with Crippen LogP contribution in [0.15, 0.2) is 99.0 Å². The molecule has 0 saturated carbocycles. The van der Waals surface area contributed by atoms with E-state index in [4.69, 9.17) is 16.3 Å². The Balaban J connectivity index is 1.22. The normalized spacial score (nSPS) is 11.0. The summed E-state index contributed by atoms with van der Waals surface area (Å²) in [5.74, 6) is -1.04. The third-order valence-corrected chi connectivity index (χ3v) is 8.70. The molecule has 0 saturated heterocycles. The number of fused-ring (bicyclic) bond motifs is 1. The van der Waals surface area contributed by atoms with E-state index in [0.717, 1.165) is 24.6 Å². The number of nitrogens with zero attached hydrogens (tertiary/aromatic N) is 1. The number of thiophene rings is 1. The number of carbonyl (C=O) groups is 3. The fourth-order valence-corrected chi connectivity index (χ4v) is 6.05. The number of hydrazone groups is 1. The van der Waals surface area contributed by atoms with Crippen LogP contribution in [-0.2, 0) is 0 Å². The maximum atomic E-state index is 12.9. The molecule has 0 aliphatic carbocycles. The molecule has 0 atom stereocenters. The highest BCUT2D eigenvalue weighted by molar-refractivity contribution is 9.10. The summed E-state index contributed by atoms with van der Waals surface area (Å²) in [7, 11) is 0. The number of nitrogens with one attached hydrogen (secondary N) is 2. The minimum Gasteiger partial charge on any atom is -0.422 e. The molecule has 2 amide bonds. The van der Waals surface area contributed by atoms with Gasteiger partial charge in [0, 0.05) is 35.8 Å². The first-order valence-electron chi connectivity index (χ1n) is 12.4. The Morgan fingerprint density at radius 3 is 2.29 bits per heavy atom. The minimum absolute atomic E-state index is 0.276. The van der Waals surface area contributed by atoms with Gasteiger partial charge in [0.25, 0.3) is 11.8 Å². The zero-order valence-corrected chi connectivity index (χ0v) is 26.5. The van der Waals surface area contributed by atoms with Gasteiger partial charge >= 0.3 is 5.97 Å². The Bertz CT molecular complexity index is 1860. The average molecular weight is 726 g/mol. The number of hydrogen-bond acceptors (Lipinski definition) is 6. The van der Waals surface area contributed by atoms with Crippen molar-refractivity contribution < 1.29 is 19.1 Å². The van der Waals surface area contributed by atoms with Gasteiger partial charge in [0.1, 0.15) is 10.6 Å². The van der Waals surface area contributed by atoms with Crippen molar-refractivity contribution in [3.63, 3.8) is 0 Å². The standard InChI is InChI=1S/C31H20Br2ClN3O4S/c1-17-2-12-24-26(14-17)42-28(27(24)34)30(39)36-23-10-5-18(6-11-23)29(38)37-35-16-20-15-22(33)9-13-25(20)41-31(40)19-3-7-21(32)8-4-19/h2-16H,1H3,(H,36,39)(H,37,38)/b35-16-. The highest BCUT2D eigenvalue weighted by atomic mass is 79.9. The van der Waals surface area contributed by atoms with Crippen molar-refractivity contribution in [2.24, 2.45) is 5.10 Å². The number of halogens is 3. The van der Waals surface area contributed by atoms with E-state index in [1.165, 1.54) is 17.6 Å². The number of esters is 1. The van der Waals surface area contributed by atoms with Gasteiger partial charge in [-0.15, -0.1) is 11.3 Å². The van der Waals surface area contributed by atoms with Crippen molar-refractivity contribution in [2.45, 2.75) is 6.92 Å². The monoisotopic (exact) mass is 723 g/mol. The Kier molecular flexibility index (Phi) is 9.18. The van der Waals surface area contributed by atoms with Crippen LogP contribution in [0.3, 0.4) is 0 Å². The largest absolute Gasteiger partial charge is 0.422 e. The van der Waals surface area contributed by atoms with Gasteiger partial charge in [-0.25, -0.2) is 10.2 Å². The fourth-order valence-electron chi connectivity index (χ4n) is 3.89. The van der Waals surface area contributed by atoms with E-state index in [0.29, 0.717) is 32.3 Å². The predicted molar refractivity (Wildman–Crippen MR) is 174 cm³/mol. The van der Waals surface area contributed by atoms with Crippen LogP contribution in [0.25, 0.3) is 10.1 Å². The molecular formula is C31H20Br2ClN3O4S. The fraction of sp³-hybridized carbons (Fsp3) is 0.0323. The molecule has 210 valence electrons. The topological polar surface area (TPSA) is 96.9 Å². The summed E-state index contributed by atoms with van der Waals surface area (Å²) in [5.41, 5.74) is 5.25. The summed E-state index contributed by atoms with van der Waals surface area (Å²) in [5, 5.41) is 8.11. The lowest BCUT2D eigenvalue weighted by atomic mass is 10.2. The Morgan fingerprint density at radius 2 is 1.55 bits per heavy atom. The molecular weight excluding hydrogens is 706 g/mol. The van der Waals surface area contributed by atoms with E-state index in [2.05, 4.69) is 47.7 Å². The summed E-state index contributed by atoms with van der Waals surface area (Å²) in [4.78, 5) is 38.6. The predicted octanol–water partition coefficient (Wildman–Crippen LogP) is 8.62. The van der Waals surface area contributed by atoms with Crippen molar-refractivity contribution in [3.8, 4) is 5.75 Å². The van der Waals surface area contributed by atoms with Crippen molar-refractivity contribution in [3.05, 3.63) is 126 Å².